The molecule has 0 spiro atoms. The number of nitrogens with one attached hydrogen (secondary N) is 1. The summed E-state index contributed by atoms with van der Waals surface area (Å²) in [6.45, 7) is 4.52. The van der Waals surface area contributed by atoms with Crippen molar-refractivity contribution in [2.45, 2.75) is 38.8 Å². The lowest BCUT2D eigenvalue weighted by molar-refractivity contribution is -0.00291. The molecule has 0 radical (unpaired) electrons. The Morgan fingerprint density at radius 1 is 1.33 bits per heavy atom. The molecule has 3 N–H and O–H groups in total. The molecule has 0 bridgehead atoms. The fourth-order valence-corrected chi connectivity index (χ4v) is 3.06. The van der Waals surface area contributed by atoms with Gasteiger partial charge in [0.15, 0.2) is 0 Å². The van der Waals surface area contributed by atoms with E-state index in [1.165, 1.54) is 0 Å². The summed E-state index contributed by atoms with van der Waals surface area (Å²) in [6, 6.07) is 6.28. The Morgan fingerprint density at radius 2 is 2.07 bits per heavy atom. The average Bonchev–Trinajstić information content (AvgIpc) is 3.04. The summed E-state index contributed by atoms with van der Waals surface area (Å²) in [6.07, 6.45) is 0.978. The number of rotatable bonds is 6. The first-order valence-corrected chi connectivity index (χ1v) is 8.89. The number of carbonyl (C=O) groups excluding carboxylic acids is 2. The van der Waals surface area contributed by atoms with Gasteiger partial charge in [-0.15, -0.1) is 0 Å². The molecule has 1 aliphatic heterocycles. The summed E-state index contributed by atoms with van der Waals surface area (Å²) >= 11 is 0. The van der Waals surface area contributed by atoms with Crippen molar-refractivity contribution >= 4 is 11.8 Å². The number of ether oxygens (including phenoxy) is 2. The zero-order valence-corrected chi connectivity index (χ0v) is 15.4. The Morgan fingerprint density at radius 3 is 2.74 bits per heavy atom. The highest BCUT2D eigenvalue weighted by atomic mass is 16.5. The van der Waals surface area contributed by atoms with Crippen molar-refractivity contribution in [2.75, 3.05) is 13.2 Å². The van der Waals surface area contributed by atoms with E-state index >= 15 is 0 Å². The second-order valence-electron chi connectivity index (χ2n) is 6.40. The van der Waals surface area contributed by atoms with Crippen molar-refractivity contribution < 1.29 is 23.6 Å². The van der Waals surface area contributed by atoms with Crippen LogP contribution in [0.3, 0.4) is 0 Å². The smallest absolute Gasteiger partial charge is 0.257 e. The number of aromatic nitrogens is 1. The number of nitrogens with zero attached hydrogens (tertiary/aromatic N) is 1. The molecule has 2 atom stereocenters. The van der Waals surface area contributed by atoms with Crippen LogP contribution < -0.4 is 15.8 Å². The quantitative estimate of drug-likeness (QED) is 0.794. The lowest BCUT2D eigenvalue weighted by Gasteiger charge is -2.32. The Hall–Kier alpha value is -2.87. The van der Waals surface area contributed by atoms with Crippen molar-refractivity contribution in [2.24, 2.45) is 5.73 Å². The molecule has 0 saturated carbocycles. The largest absolute Gasteiger partial charge is 0.488 e. The second-order valence-corrected chi connectivity index (χ2v) is 6.40. The summed E-state index contributed by atoms with van der Waals surface area (Å²) in [5.41, 5.74) is 6.75. The van der Waals surface area contributed by atoms with Crippen molar-refractivity contribution in [3.63, 3.8) is 0 Å². The standard InChI is InChI=1S/C19H23N3O5/c1-3-14-17(11(2)27-22-14)19(24)21-15-10-25-9-8-16(15)26-13-6-4-12(5-7-13)18(20)23/h4-7,15-16H,3,8-10H2,1-2H3,(H2,20,23)(H,21,24)/t15-,16-/m1/s1. The van der Waals surface area contributed by atoms with E-state index < -0.39 is 5.91 Å². The maximum atomic E-state index is 12.7. The van der Waals surface area contributed by atoms with E-state index in [4.69, 9.17) is 19.7 Å². The third kappa shape index (κ3) is 4.28. The third-order valence-electron chi connectivity index (χ3n) is 4.53. The molecule has 2 amide bonds. The van der Waals surface area contributed by atoms with E-state index in [1.54, 1.807) is 31.2 Å². The molecule has 1 aliphatic rings. The van der Waals surface area contributed by atoms with Gasteiger partial charge in [-0.2, -0.15) is 0 Å². The van der Waals surface area contributed by atoms with Gasteiger partial charge in [-0.25, -0.2) is 0 Å². The predicted molar refractivity (Wildman–Crippen MR) is 96.7 cm³/mol. The summed E-state index contributed by atoms with van der Waals surface area (Å²) in [5, 5.41) is 6.90. The molecule has 27 heavy (non-hydrogen) atoms. The molecule has 3 rings (SSSR count). The zero-order chi connectivity index (χ0) is 19.4. The number of hydrogen-bond acceptors (Lipinski definition) is 6. The minimum Gasteiger partial charge on any atom is -0.488 e. The average molecular weight is 373 g/mol. The van der Waals surface area contributed by atoms with Gasteiger partial charge in [-0.05, 0) is 37.6 Å². The van der Waals surface area contributed by atoms with Gasteiger partial charge in [0.25, 0.3) is 5.91 Å². The van der Waals surface area contributed by atoms with Gasteiger partial charge in [0.1, 0.15) is 23.2 Å². The third-order valence-corrected chi connectivity index (χ3v) is 4.53. The van der Waals surface area contributed by atoms with Gasteiger partial charge >= 0.3 is 0 Å². The maximum Gasteiger partial charge on any atom is 0.257 e. The fourth-order valence-electron chi connectivity index (χ4n) is 3.06. The highest BCUT2D eigenvalue weighted by molar-refractivity contribution is 5.96. The van der Waals surface area contributed by atoms with Crippen LogP contribution in [0, 0.1) is 6.92 Å². The molecular weight excluding hydrogens is 350 g/mol. The van der Waals surface area contributed by atoms with Crippen molar-refractivity contribution in [1.82, 2.24) is 10.5 Å². The van der Waals surface area contributed by atoms with Gasteiger partial charge in [-0.1, -0.05) is 12.1 Å². The second kappa shape index (κ2) is 8.22. The number of aryl methyl sites for hydroxylation is 2. The molecule has 1 fully saturated rings. The SMILES string of the molecule is CCc1noc(C)c1C(=O)N[C@@H]1COCC[C@H]1Oc1ccc(C(N)=O)cc1. The van der Waals surface area contributed by atoms with Crippen LogP contribution in [0.4, 0.5) is 0 Å². The van der Waals surface area contributed by atoms with Crippen molar-refractivity contribution in [3.05, 3.63) is 46.8 Å². The lowest BCUT2D eigenvalue weighted by Crippen LogP contribution is -2.52. The zero-order valence-electron chi connectivity index (χ0n) is 15.4. The molecule has 0 unspecified atom stereocenters. The van der Waals surface area contributed by atoms with Gasteiger partial charge in [-0.3, -0.25) is 9.59 Å². The van der Waals surface area contributed by atoms with E-state index in [0.29, 0.717) is 54.4 Å². The summed E-state index contributed by atoms with van der Waals surface area (Å²) in [5.74, 6) is 0.342. The first kappa shape index (κ1) is 18.9. The molecule has 144 valence electrons. The van der Waals surface area contributed by atoms with Crippen LogP contribution in [0.25, 0.3) is 0 Å². The van der Waals surface area contributed by atoms with Gasteiger partial charge < -0.3 is 25.0 Å². The van der Waals surface area contributed by atoms with E-state index in [1.807, 2.05) is 6.92 Å². The molecule has 2 heterocycles. The van der Waals surface area contributed by atoms with Gasteiger partial charge in [0.05, 0.1) is 24.9 Å². The monoisotopic (exact) mass is 373 g/mol. The molecular formula is C19H23N3O5. The lowest BCUT2D eigenvalue weighted by atomic mass is 10.0. The number of hydrogen-bond donors (Lipinski definition) is 2. The molecule has 1 aromatic heterocycles. The van der Waals surface area contributed by atoms with Crippen LogP contribution in [-0.4, -0.2) is 42.3 Å². The van der Waals surface area contributed by atoms with Crippen LogP contribution in [0.2, 0.25) is 0 Å². The summed E-state index contributed by atoms with van der Waals surface area (Å²) < 4.78 is 16.7. The molecule has 8 heteroatoms. The Kier molecular flexibility index (Phi) is 5.75. The van der Waals surface area contributed by atoms with Crippen LogP contribution in [0.15, 0.2) is 28.8 Å². The van der Waals surface area contributed by atoms with Crippen LogP contribution in [0.5, 0.6) is 5.75 Å². The topological polar surface area (TPSA) is 117 Å². The maximum absolute atomic E-state index is 12.7. The molecule has 1 saturated heterocycles. The first-order chi connectivity index (χ1) is 13.0. The Labute approximate surface area is 157 Å². The Bertz CT molecular complexity index is 815. The van der Waals surface area contributed by atoms with Gasteiger partial charge in [0, 0.05) is 12.0 Å². The van der Waals surface area contributed by atoms with Crippen LogP contribution in [0.1, 0.15) is 45.5 Å². The number of nitrogens with two attached hydrogens (primary N) is 1. The van der Waals surface area contributed by atoms with E-state index in [-0.39, 0.29) is 18.1 Å². The van der Waals surface area contributed by atoms with E-state index in [0.717, 1.165) is 0 Å². The first-order valence-electron chi connectivity index (χ1n) is 8.89. The molecule has 0 aliphatic carbocycles. The summed E-state index contributed by atoms with van der Waals surface area (Å²) in [4.78, 5) is 23.9. The van der Waals surface area contributed by atoms with Crippen molar-refractivity contribution in [1.29, 1.82) is 0 Å². The minimum absolute atomic E-state index is 0.251. The van der Waals surface area contributed by atoms with Crippen LogP contribution >= 0.6 is 0 Å². The van der Waals surface area contributed by atoms with Crippen LogP contribution in [-0.2, 0) is 11.2 Å². The van der Waals surface area contributed by atoms with E-state index in [9.17, 15) is 9.59 Å². The summed E-state index contributed by atoms with van der Waals surface area (Å²) in [7, 11) is 0. The number of primary amides is 1. The normalized spacial score (nSPS) is 19.5. The molecule has 2 aromatic rings. The Balaban J connectivity index is 1.70. The number of benzene rings is 1. The van der Waals surface area contributed by atoms with Gasteiger partial charge in [0.2, 0.25) is 5.91 Å². The van der Waals surface area contributed by atoms with E-state index in [2.05, 4.69) is 10.5 Å². The molecule has 8 nitrogen and oxygen atoms in total. The number of carbonyl (C=O) groups is 2. The highest BCUT2D eigenvalue weighted by Gasteiger charge is 2.31. The molecule has 1 aromatic carbocycles. The number of amides is 2. The fraction of sp³-hybridized carbons (Fsp3) is 0.421. The minimum atomic E-state index is -0.492. The van der Waals surface area contributed by atoms with Crippen molar-refractivity contribution in [3.8, 4) is 5.75 Å². The predicted octanol–water partition coefficient (Wildman–Crippen LogP) is 1.61. The highest BCUT2D eigenvalue weighted by Crippen LogP contribution is 2.20.